The molecule has 172 valence electrons. The number of carbonyl (C=O) groups is 3. The summed E-state index contributed by atoms with van der Waals surface area (Å²) in [4.78, 5) is 39.7. The number of methoxy groups -OCH3 is 1. The third-order valence-corrected chi connectivity index (χ3v) is 5.87. The van der Waals surface area contributed by atoms with Crippen LogP contribution in [0.4, 0.5) is 0 Å². The van der Waals surface area contributed by atoms with E-state index in [-0.39, 0.29) is 18.2 Å². The molecular formula is C25H32N2O5. The van der Waals surface area contributed by atoms with Crippen molar-refractivity contribution < 1.29 is 23.9 Å². The summed E-state index contributed by atoms with van der Waals surface area (Å²) in [5.74, 6) is -0.208. The van der Waals surface area contributed by atoms with Gasteiger partial charge in [0.1, 0.15) is 11.8 Å². The maximum atomic E-state index is 13.3. The number of hydrogen-bond donors (Lipinski definition) is 1. The molecule has 2 aromatic rings. The van der Waals surface area contributed by atoms with Gasteiger partial charge in [0.05, 0.1) is 26.1 Å². The highest BCUT2D eigenvalue weighted by Crippen LogP contribution is 2.27. The van der Waals surface area contributed by atoms with Crippen LogP contribution in [0.1, 0.15) is 45.1 Å². The Morgan fingerprint density at radius 2 is 1.84 bits per heavy atom. The molecular weight excluding hydrogens is 408 g/mol. The summed E-state index contributed by atoms with van der Waals surface area (Å²) in [7, 11) is 1.63. The number of carbonyl (C=O) groups excluding carboxylic acids is 3. The monoisotopic (exact) mass is 440 g/mol. The van der Waals surface area contributed by atoms with Gasteiger partial charge in [-0.05, 0) is 47.7 Å². The molecule has 1 N–H and O–H groups in total. The van der Waals surface area contributed by atoms with E-state index in [1.54, 1.807) is 7.11 Å². The summed E-state index contributed by atoms with van der Waals surface area (Å²) < 4.78 is 10.5. The van der Waals surface area contributed by atoms with Gasteiger partial charge in [-0.1, -0.05) is 38.1 Å². The minimum Gasteiger partial charge on any atom is -0.497 e. The molecule has 32 heavy (non-hydrogen) atoms. The number of nitrogens with one attached hydrogen (secondary N) is 1. The van der Waals surface area contributed by atoms with Crippen LogP contribution in [0.5, 0.6) is 5.75 Å². The topological polar surface area (TPSA) is 84.9 Å². The first-order valence-corrected chi connectivity index (χ1v) is 11.1. The lowest BCUT2D eigenvalue weighted by molar-refractivity contribution is -0.152. The van der Waals surface area contributed by atoms with Crippen LogP contribution in [-0.2, 0) is 19.1 Å². The van der Waals surface area contributed by atoms with Crippen molar-refractivity contribution in [3.05, 3.63) is 42.0 Å². The molecule has 1 fully saturated rings. The molecule has 0 aromatic heterocycles. The second-order valence-corrected chi connectivity index (χ2v) is 8.64. The number of hydrogen-bond acceptors (Lipinski definition) is 5. The number of amides is 2. The van der Waals surface area contributed by atoms with Crippen LogP contribution < -0.4 is 10.1 Å². The highest BCUT2D eigenvalue weighted by Gasteiger charge is 2.37. The molecule has 1 saturated heterocycles. The van der Waals surface area contributed by atoms with E-state index in [2.05, 4.69) is 5.32 Å². The Bertz CT molecular complexity index is 987. The smallest absolute Gasteiger partial charge is 0.308 e. The number of nitrogens with zero attached hydrogens (tertiary/aromatic N) is 1. The second kappa shape index (κ2) is 10.5. The van der Waals surface area contributed by atoms with Gasteiger partial charge >= 0.3 is 5.97 Å². The molecule has 3 rings (SSSR count). The molecule has 7 heteroatoms. The quantitative estimate of drug-likeness (QED) is 0.637. The van der Waals surface area contributed by atoms with E-state index in [9.17, 15) is 14.4 Å². The minimum atomic E-state index is -0.852. The molecule has 2 aromatic carbocycles. The van der Waals surface area contributed by atoms with E-state index in [0.29, 0.717) is 25.6 Å². The third-order valence-electron chi connectivity index (χ3n) is 5.87. The molecule has 1 unspecified atom stereocenters. The molecule has 0 radical (unpaired) electrons. The van der Waals surface area contributed by atoms with E-state index in [1.165, 1.54) is 4.90 Å². The number of benzene rings is 2. The van der Waals surface area contributed by atoms with Crippen molar-refractivity contribution in [1.82, 2.24) is 10.2 Å². The Morgan fingerprint density at radius 1 is 1.12 bits per heavy atom. The Kier molecular flexibility index (Phi) is 7.72. The van der Waals surface area contributed by atoms with Gasteiger partial charge in [0.15, 0.2) is 0 Å². The summed E-state index contributed by atoms with van der Waals surface area (Å²) in [6.45, 7) is 6.98. The Morgan fingerprint density at radius 3 is 2.56 bits per heavy atom. The van der Waals surface area contributed by atoms with Crippen molar-refractivity contribution in [3.63, 3.8) is 0 Å². The first-order valence-electron chi connectivity index (χ1n) is 11.1. The maximum absolute atomic E-state index is 13.3. The zero-order valence-electron chi connectivity index (χ0n) is 19.2. The van der Waals surface area contributed by atoms with Crippen LogP contribution in [0, 0.1) is 5.92 Å². The summed E-state index contributed by atoms with van der Waals surface area (Å²) >= 11 is 0. The van der Waals surface area contributed by atoms with Crippen LogP contribution in [0.2, 0.25) is 0 Å². The normalized spacial score (nSPS) is 17.2. The lowest BCUT2D eigenvalue weighted by atomic mass is 9.95. The summed E-state index contributed by atoms with van der Waals surface area (Å²) in [5.41, 5.74) is 0.858. The van der Waals surface area contributed by atoms with E-state index < -0.39 is 17.9 Å². The van der Waals surface area contributed by atoms with E-state index in [1.807, 2.05) is 57.2 Å². The van der Waals surface area contributed by atoms with E-state index in [0.717, 1.165) is 28.5 Å². The largest absolute Gasteiger partial charge is 0.497 e. The lowest BCUT2D eigenvalue weighted by Crippen LogP contribution is -2.58. The summed E-state index contributed by atoms with van der Waals surface area (Å²) in [5, 5.41) is 4.78. The number of piperazine rings is 1. The van der Waals surface area contributed by atoms with Gasteiger partial charge in [0.2, 0.25) is 11.8 Å². The van der Waals surface area contributed by atoms with Crippen molar-refractivity contribution in [2.45, 2.75) is 45.6 Å². The van der Waals surface area contributed by atoms with Crippen molar-refractivity contribution in [2.24, 2.45) is 5.92 Å². The predicted molar refractivity (Wildman–Crippen MR) is 122 cm³/mol. The number of ether oxygens (including phenoxy) is 2. The average molecular weight is 441 g/mol. The van der Waals surface area contributed by atoms with Gasteiger partial charge in [-0.25, -0.2) is 0 Å². The standard InChI is InChI=1S/C25H32N2O5/c1-16(2)9-12-32-23(28)15-22-24(29)26-10-11-27(22)25(30)17(3)18-5-6-20-14-21(31-4)8-7-19(20)13-18/h5-8,13-14,16-17,22H,9-12,15H2,1-4H3,(H,26,29)/t17-,22?/m0/s1. The molecule has 2 amide bonds. The molecule has 0 spiro atoms. The van der Waals surface area contributed by atoms with Gasteiger partial charge in [-0.15, -0.1) is 0 Å². The minimum absolute atomic E-state index is 0.139. The average Bonchev–Trinajstić information content (AvgIpc) is 2.78. The van der Waals surface area contributed by atoms with Crippen LogP contribution in [-0.4, -0.2) is 55.5 Å². The maximum Gasteiger partial charge on any atom is 0.308 e. The zero-order chi connectivity index (χ0) is 23.3. The third kappa shape index (κ3) is 5.58. The molecule has 0 bridgehead atoms. The highest BCUT2D eigenvalue weighted by molar-refractivity contribution is 5.94. The SMILES string of the molecule is COc1ccc2cc([C@H](C)C(=O)N3CCNC(=O)C3CC(=O)OCCC(C)C)ccc2c1. The number of fused-ring (bicyclic) bond motifs is 1. The van der Waals surface area contributed by atoms with Crippen molar-refractivity contribution >= 4 is 28.6 Å². The number of rotatable bonds is 8. The summed E-state index contributed by atoms with van der Waals surface area (Å²) in [6.07, 6.45) is 0.621. The van der Waals surface area contributed by atoms with Gasteiger partial charge in [-0.2, -0.15) is 0 Å². The van der Waals surface area contributed by atoms with Gasteiger partial charge in [0.25, 0.3) is 0 Å². The predicted octanol–water partition coefficient (Wildman–Crippen LogP) is 3.26. The van der Waals surface area contributed by atoms with Crippen LogP contribution in [0.25, 0.3) is 10.8 Å². The highest BCUT2D eigenvalue weighted by atomic mass is 16.5. The molecule has 1 aliphatic heterocycles. The van der Waals surface area contributed by atoms with Crippen molar-refractivity contribution in [1.29, 1.82) is 0 Å². The van der Waals surface area contributed by atoms with Crippen LogP contribution >= 0.6 is 0 Å². The fourth-order valence-corrected chi connectivity index (χ4v) is 3.84. The van der Waals surface area contributed by atoms with Gasteiger partial charge < -0.3 is 19.7 Å². The molecule has 1 aliphatic rings. The molecule has 0 saturated carbocycles. The van der Waals surface area contributed by atoms with Gasteiger partial charge in [0, 0.05) is 13.1 Å². The Hall–Kier alpha value is -3.09. The lowest BCUT2D eigenvalue weighted by Gasteiger charge is -2.36. The van der Waals surface area contributed by atoms with E-state index >= 15 is 0 Å². The molecule has 1 heterocycles. The van der Waals surface area contributed by atoms with Crippen LogP contribution in [0.15, 0.2) is 36.4 Å². The number of esters is 1. The fraction of sp³-hybridized carbons (Fsp3) is 0.480. The first-order chi connectivity index (χ1) is 15.3. The molecule has 0 aliphatic carbocycles. The zero-order valence-corrected chi connectivity index (χ0v) is 19.2. The Balaban J connectivity index is 1.73. The second-order valence-electron chi connectivity index (χ2n) is 8.64. The molecule has 7 nitrogen and oxygen atoms in total. The van der Waals surface area contributed by atoms with E-state index in [4.69, 9.17) is 9.47 Å². The van der Waals surface area contributed by atoms with Gasteiger partial charge in [-0.3, -0.25) is 14.4 Å². The molecule has 2 atom stereocenters. The summed E-state index contributed by atoms with van der Waals surface area (Å²) in [6, 6.07) is 10.8. The van der Waals surface area contributed by atoms with Crippen molar-refractivity contribution in [2.75, 3.05) is 26.8 Å². The van der Waals surface area contributed by atoms with Crippen LogP contribution in [0.3, 0.4) is 0 Å². The Labute approximate surface area is 189 Å². The van der Waals surface area contributed by atoms with Crippen molar-refractivity contribution in [3.8, 4) is 5.75 Å². The first kappa shape index (κ1) is 23.6. The fourth-order valence-electron chi connectivity index (χ4n) is 3.84.